The van der Waals surface area contributed by atoms with Crippen molar-refractivity contribution in [3.8, 4) is 0 Å². The first-order chi connectivity index (χ1) is 6.34. The minimum atomic E-state index is 0.367. The first kappa shape index (κ1) is 7.60. The number of carbonyl (C=O) groups is 1. The van der Waals surface area contributed by atoms with Crippen LogP contribution in [-0.2, 0) is 9.53 Å². The van der Waals surface area contributed by atoms with Crippen molar-refractivity contribution in [3.63, 3.8) is 0 Å². The molecular weight excluding hydrogens is 164 g/mol. The van der Waals surface area contributed by atoms with Gasteiger partial charge in [-0.3, -0.25) is 4.79 Å². The van der Waals surface area contributed by atoms with Gasteiger partial charge in [-0.2, -0.15) is 0 Å². The Hall–Kier alpha value is -0.790. The van der Waals surface area contributed by atoms with Gasteiger partial charge in [0.15, 0.2) is 5.78 Å². The second-order valence-electron chi connectivity index (χ2n) is 4.36. The van der Waals surface area contributed by atoms with Crippen molar-refractivity contribution in [2.24, 2.45) is 5.92 Å². The summed E-state index contributed by atoms with van der Waals surface area (Å²) in [6.07, 6.45) is 6.63. The summed E-state index contributed by atoms with van der Waals surface area (Å²) < 4.78 is 5.81. The third kappa shape index (κ3) is 1.04. The van der Waals surface area contributed by atoms with E-state index in [-0.39, 0.29) is 0 Å². The van der Waals surface area contributed by atoms with Crippen LogP contribution in [0.5, 0.6) is 0 Å². The predicted octanol–water partition coefficient (Wildman–Crippen LogP) is 2.19. The topological polar surface area (TPSA) is 26.3 Å². The Labute approximate surface area is 78.0 Å². The van der Waals surface area contributed by atoms with Crippen LogP contribution >= 0.6 is 0 Å². The largest absolute Gasteiger partial charge is 0.494 e. The molecule has 13 heavy (non-hydrogen) atoms. The standard InChI is InChI=1S/C11H14O2/c12-9-2-1-3-10-11(9)7-4-5-8(6-7)13-10/h7-8H,1-6H2. The number of carbonyl (C=O) groups excluding carboxylic acids is 1. The Morgan fingerprint density at radius 1 is 1.23 bits per heavy atom. The molecule has 3 aliphatic rings. The molecule has 2 nitrogen and oxygen atoms in total. The van der Waals surface area contributed by atoms with Crippen LogP contribution in [0.25, 0.3) is 0 Å². The maximum atomic E-state index is 11.7. The number of ether oxygens (including phenoxy) is 1. The summed E-state index contributed by atoms with van der Waals surface area (Å²) in [7, 11) is 0. The van der Waals surface area contributed by atoms with E-state index in [1.54, 1.807) is 0 Å². The maximum Gasteiger partial charge on any atom is 0.162 e. The van der Waals surface area contributed by atoms with E-state index in [4.69, 9.17) is 4.74 Å². The van der Waals surface area contributed by atoms with E-state index < -0.39 is 0 Å². The molecule has 1 fully saturated rings. The van der Waals surface area contributed by atoms with Crippen molar-refractivity contribution in [2.75, 3.05) is 0 Å². The lowest BCUT2D eigenvalue weighted by Gasteiger charge is -2.29. The normalized spacial score (nSPS) is 37.4. The Kier molecular flexibility index (Phi) is 1.52. The zero-order valence-electron chi connectivity index (χ0n) is 7.71. The fourth-order valence-electron chi connectivity index (χ4n) is 2.92. The van der Waals surface area contributed by atoms with Crippen LogP contribution in [-0.4, -0.2) is 11.9 Å². The van der Waals surface area contributed by atoms with Crippen molar-refractivity contribution < 1.29 is 9.53 Å². The second-order valence-corrected chi connectivity index (χ2v) is 4.36. The molecule has 0 aromatic carbocycles. The van der Waals surface area contributed by atoms with Gasteiger partial charge < -0.3 is 4.74 Å². The Balaban J connectivity index is 2.02. The molecule has 1 heterocycles. The van der Waals surface area contributed by atoms with Crippen LogP contribution in [0.15, 0.2) is 11.3 Å². The van der Waals surface area contributed by atoms with Gasteiger partial charge in [0.05, 0.1) is 6.10 Å². The van der Waals surface area contributed by atoms with E-state index in [2.05, 4.69) is 0 Å². The van der Waals surface area contributed by atoms with E-state index in [1.165, 1.54) is 6.42 Å². The second kappa shape index (κ2) is 2.60. The van der Waals surface area contributed by atoms with Crippen LogP contribution in [0, 0.1) is 5.92 Å². The highest BCUT2D eigenvalue weighted by molar-refractivity contribution is 5.97. The SMILES string of the molecule is O=C1CCCC2=C1C1CCC(C1)O2. The monoisotopic (exact) mass is 178 g/mol. The van der Waals surface area contributed by atoms with Gasteiger partial charge in [-0.1, -0.05) is 0 Å². The molecule has 2 heteroatoms. The lowest BCUT2D eigenvalue weighted by atomic mass is 9.85. The third-order valence-electron chi connectivity index (χ3n) is 3.51. The van der Waals surface area contributed by atoms with Gasteiger partial charge in [0, 0.05) is 18.4 Å². The summed E-state index contributed by atoms with van der Waals surface area (Å²) in [5, 5.41) is 0. The molecule has 0 N–H and O–H groups in total. The van der Waals surface area contributed by atoms with Crippen molar-refractivity contribution in [3.05, 3.63) is 11.3 Å². The van der Waals surface area contributed by atoms with Crippen molar-refractivity contribution in [1.29, 1.82) is 0 Å². The fourth-order valence-corrected chi connectivity index (χ4v) is 2.92. The molecule has 2 unspecified atom stereocenters. The predicted molar refractivity (Wildman–Crippen MR) is 48.1 cm³/mol. The molecule has 1 aliphatic heterocycles. The summed E-state index contributed by atoms with van der Waals surface area (Å²) in [6, 6.07) is 0. The quantitative estimate of drug-likeness (QED) is 0.568. The minimum Gasteiger partial charge on any atom is -0.494 e. The molecule has 0 amide bonds. The van der Waals surface area contributed by atoms with Crippen LogP contribution in [0.1, 0.15) is 38.5 Å². The highest BCUT2D eigenvalue weighted by Crippen LogP contribution is 2.44. The van der Waals surface area contributed by atoms with E-state index in [9.17, 15) is 4.79 Å². The molecule has 3 rings (SSSR count). The van der Waals surface area contributed by atoms with Crippen LogP contribution in [0.3, 0.4) is 0 Å². The van der Waals surface area contributed by atoms with Gasteiger partial charge >= 0.3 is 0 Å². The lowest BCUT2D eigenvalue weighted by molar-refractivity contribution is -0.117. The van der Waals surface area contributed by atoms with E-state index >= 15 is 0 Å². The Morgan fingerprint density at radius 2 is 2.15 bits per heavy atom. The van der Waals surface area contributed by atoms with Gasteiger partial charge in [-0.25, -0.2) is 0 Å². The molecule has 0 saturated heterocycles. The molecule has 2 atom stereocenters. The van der Waals surface area contributed by atoms with Gasteiger partial charge in [-0.05, 0) is 31.6 Å². The molecule has 0 aromatic rings. The highest BCUT2D eigenvalue weighted by atomic mass is 16.5. The van der Waals surface area contributed by atoms with Crippen LogP contribution in [0.4, 0.5) is 0 Å². The Morgan fingerprint density at radius 3 is 3.08 bits per heavy atom. The molecule has 0 spiro atoms. The van der Waals surface area contributed by atoms with Crippen molar-refractivity contribution in [2.45, 2.75) is 44.6 Å². The van der Waals surface area contributed by atoms with Crippen LogP contribution in [0.2, 0.25) is 0 Å². The average molecular weight is 178 g/mol. The summed E-state index contributed by atoms with van der Waals surface area (Å²) in [5.41, 5.74) is 1.07. The number of ketones is 1. The number of rotatable bonds is 0. The summed E-state index contributed by atoms with van der Waals surface area (Å²) >= 11 is 0. The fraction of sp³-hybridized carbons (Fsp3) is 0.727. The molecular formula is C11H14O2. The van der Waals surface area contributed by atoms with Crippen LogP contribution < -0.4 is 0 Å². The smallest absolute Gasteiger partial charge is 0.162 e. The molecule has 2 bridgehead atoms. The van der Waals surface area contributed by atoms with Crippen molar-refractivity contribution >= 4 is 5.78 Å². The van der Waals surface area contributed by atoms with E-state index in [0.717, 1.165) is 43.4 Å². The van der Waals surface area contributed by atoms with Crippen molar-refractivity contribution in [1.82, 2.24) is 0 Å². The van der Waals surface area contributed by atoms with Gasteiger partial charge in [0.2, 0.25) is 0 Å². The first-order valence-electron chi connectivity index (χ1n) is 5.27. The minimum absolute atomic E-state index is 0.367. The average Bonchev–Trinajstić information content (AvgIpc) is 2.48. The first-order valence-corrected chi connectivity index (χ1v) is 5.27. The van der Waals surface area contributed by atoms with E-state index in [0.29, 0.717) is 17.8 Å². The number of Topliss-reactive ketones (excluding diaryl/α,β-unsaturated/α-hetero) is 1. The zero-order chi connectivity index (χ0) is 8.84. The molecule has 1 saturated carbocycles. The number of allylic oxidation sites excluding steroid dienone is 2. The number of hydrogen-bond donors (Lipinski definition) is 0. The van der Waals surface area contributed by atoms with Gasteiger partial charge in [0.1, 0.15) is 5.76 Å². The summed E-state index contributed by atoms with van der Waals surface area (Å²) in [4.78, 5) is 11.7. The van der Waals surface area contributed by atoms with Gasteiger partial charge in [-0.15, -0.1) is 0 Å². The number of fused-ring (bicyclic) bond motifs is 3. The molecule has 70 valence electrons. The molecule has 0 aromatic heterocycles. The molecule has 0 radical (unpaired) electrons. The number of hydrogen-bond acceptors (Lipinski definition) is 2. The third-order valence-corrected chi connectivity index (χ3v) is 3.51. The van der Waals surface area contributed by atoms with E-state index in [1.807, 2.05) is 0 Å². The zero-order valence-corrected chi connectivity index (χ0v) is 7.71. The Bertz CT molecular complexity index is 290. The van der Waals surface area contributed by atoms with Gasteiger partial charge in [0.25, 0.3) is 0 Å². The summed E-state index contributed by atoms with van der Waals surface area (Å²) in [5.74, 6) is 1.98. The maximum absolute atomic E-state index is 11.7. The molecule has 2 aliphatic carbocycles. The highest BCUT2D eigenvalue weighted by Gasteiger charge is 2.39. The lowest BCUT2D eigenvalue weighted by Crippen LogP contribution is -2.25. The summed E-state index contributed by atoms with van der Waals surface area (Å²) in [6.45, 7) is 0.